The van der Waals surface area contributed by atoms with Crippen LogP contribution in [0, 0.1) is 11.3 Å². The first kappa shape index (κ1) is 18.9. The zero-order valence-electron chi connectivity index (χ0n) is 13.5. The Balaban J connectivity index is 1.95. The molecule has 0 spiro atoms. The lowest BCUT2D eigenvalue weighted by Gasteiger charge is -2.06. The standard InChI is InChI=1S/C18H10Cl3N5O/c19-13-6-7-14(20)15(21)12(13)9-23-26-18-24-16(10-4-2-1-3-5-10)11(8-22)17(27)25-18/h1-7,9H,(H2,24,25,26,27). The van der Waals surface area contributed by atoms with Crippen molar-refractivity contribution in [3.05, 3.63) is 79.0 Å². The van der Waals surface area contributed by atoms with Gasteiger partial charge in [0.05, 0.1) is 27.0 Å². The van der Waals surface area contributed by atoms with Crippen LogP contribution in [0.5, 0.6) is 0 Å². The van der Waals surface area contributed by atoms with Gasteiger partial charge >= 0.3 is 0 Å². The van der Waals surface area contributed by atoms with E-state index in [1.807, 2.05) is 12.1 Å². The summed E-state index contributed by atoms with van der Waals surface area (Å²) in [6, 6.07) is 13.9. The molecule has 3 aromatic rings. The highest BCUT2D eigenvalue weighted by molar-refractivity contribution is 6.45. The first-order valence-corrected chi connectivity index (χ1v) is 8.67. The summed E-state index contributed by atoms with van der Waals surface area (Å²) >= 11 is 18.1. The number of aromatic nitrogens is 2. The third-order valence-corrected chi connectivity index (χ3v) is 4.67. The molecule has 6 nitrogen and oxygen atoms in total. The van der Waals surface area contributed by atoms with Gasteiger partial charge in [-0.2, -0.15) is 10.4 Å². The number of hydrazone groups is 1. The Bertz CT molecular complexity index is 1120. The molecule has 2 N–H and O–H groups in total. The zero-order chi connectivity index (χ0) is 19.4. The minimum absolute atomic E-state index is 0.0587. The number of nitrogens with zero attached hydrogens (tertiary/aromatic N) is 3. The van der Waals surface area contributed by atoms with E-state index in [9.17, 15) is 10.1 Å². The molecule has 0 unspecified atom stereocenters. The fourth-order valence-corrected chi connectivity index (χ4v) is 2.89. The first-order valence-electron chi connectivity index (χ1n) is 7.53. The van der Waals surface area contributed by atoms with E-state index in [1.54, 1.807) is 36.4 Å². The SMILES string of the molecule is N#Cc1c(-c2ccccc2)nc(NN=Cc2c(Cl)ccc(Cl)c2Cl)[nH]c1=O. The largest absolute Gasteiger partial charge is 0.290 e. The van der Waals surface area contributed by atoms with Crippen molar-refractivity contribution in [1.82, 2.24) is 9.97 Å². The molecule has 0 aliphatic carbocycles. The quantitative estimate of drug-likeness (QED) is 0.364. The maximum absolute atomic E-state index is 12.2. The minimum atomic E-state index is -0.581. The number of halogens is 3. The van der Waals surface area contributed by atoms with Gasteiger partial charge in [-0.1, -0.05) is 65.1 Å². The highest BCUT2D eigenvalue weighted by atomic mass is 35.5. The van der Waals surface area contributed by atoms with Crippen molar-refractivity contribution in [2.75, 3.05) is 5.43 Å². The molecular weight excluding hydrogens is 409 g/mol. The van der Waals surface area contributed by atoms with E-state index in [1.165, 1.54) is 6.21 Å². The second kappa shape index (κ2) is 8.23. The second-order valence-electron chi connectivity index (χ2n) is 5.24. The van der Waals surface area contributed by atoms with Crippen molar-refractivity contribution in [3.8, 4) is 17.3 Å². The van der Waals surface area contributed by atoms with Gasteiger partial charge < -0.3 is 0 Å². The highest BCUT2D eigenvalue weighted by Crippen LogP contribution is 2.30. The van der Waals surface area contributed by atoms with E-state index in [2.05, 4.69) is 20.5 Å². The number of nitriles is 1. The number of hydrogen-bond acceptors (Lipinski definition) is 5. The molecule has 1 aromatic heterocycles. The molecule has 134 valence electrons. The van der Waals surface area contributed by atoms with Crippen LogP contribution in [0.2, 0.25) is 15.1 Å². The molecular formula is C18H10Cl3N5O. The van der Waals surface area contributed by atoms with Crippen LogP contribution in [0.4, 0.5) is 5.95 Å². The van der Waals surface area contributed by atoms with Crippen molar-refractivity contribution >= 4 is 47.0 Å². The average molecular weight is 419 g/mol. The molecule has 2 aromatic carbocycles. The van der Waals surface area contributed by atoms with Gasteiger partial charge in [-0.25, -0.2) is 10.4 Å². The Hall–Kier alpha value is -2.85. The van der Waals surface area contributed by atoms with Crippen molar-refractivity contribution in [2.24, 2.45) is 5.10 Å². The summed E-state index contributed by atoms with van der Waals surface area (Å²) in [5, 5.41) is 14.2. The molecule has 3 rings (SSSR count). The summed E-state index contributed by atoms with van der Waals surface area (Å²) in [5.41, 5.74) is 3.23. The molecule has 0 saturated carbocycles. The smallest absolute Gasteiger partial charge is 0.270 e. The fourth-order valence-electron chi connectivity index (χ4n) is 2.25. The third-order valence-electron chi connectivity index (χ3n) is 3.52. The third kappa shape index (κ3) is 4.12. The molecule has 0 bridgehead atoms. The number of anilines is 1. The maximum Gasteiger partial charge on any atom is 0.270 e. The van der Waals surface area contributed by atoms with Gasteiger partial charge in [-0.05, 0) is 12.1 Å². The van der Waals surface area contributed by atoms with Crippen LogP contribution < -0.4 is 11.0 Å². The normalized spacial score (nSPS) is 10.7. The molecule has 1 heterocycles. The second-order valence-corrected chi connectivity index (χ2v) is 6.44. The summed E-state index contributed by atoms with van der Waals surface area (Å²) in [5.74, 6) is 0.0587. The number of hydrogen-bond donors (Lipinski definition) is 2. The number of H-pyrrole nitrogens is 1. The molecule has 9 heteroatoms. The van der Waals surface area contributed by atoms with Crippen LogP contribution in [-0.4, -0.2) is 16.2 Å². The van der Waals surface area contributed by atoms with Crippen molar-refractivity contribution in [3.63, 3.8) is 0 Å². The van der Waals surface area contributed by atoms with Crippen LogP contribution in [0.15, 0.2) is 52.4 Å². The number of rotatable bonds is 4. The van der Waals surface area contributed by atoms with Crippen molar-refractivity contribution in [1.29, 1.82) is 5.26 Å². The predicted molar refractivity (Wildman–Crippen MR) is 108 cm³/mol. The van der Waals surface area contributed by atoms with Gasteiger partial charge in [0.15, 0.2) is 0 Å². The molecule has 0 aliphatic rings. The first-order chi connectivity index (χ1) is 13.0. The summed E-state index contributed by atoms with van der Waals surface area (Å²) in [6.07, 6.45) is 1.36. The van der Waals surface area contributed by atoms with Crippen LogP contribution in [0.3, 0.4) is 0 Å². The Morgan fingerprint density at radius 1 is 1.11 bits per heavy atom. The Morgan fingerprint density at radius 2 is 1.81 bits per heavy atom. The predicted octanol–water partition coefficient (Wildman–Crippen LogP) is 4.71. The highest BCUT2D eigenvalue weighted by Gasteiger charge is 2.13. The molecule has 0 atom stereocenters. The van der Waals surface area contributed by atoms with Crippen LogP contribution in [0.25, 0.3) is 11.3 Å². The topological polar surface area (TPSA) is 93.9 Å². The maximum atomic E-state index is 12.2. The lowest BCUT2D eigenvalue weighted by molar-refractivity contribution is 1.08. The average Bonchev–Trinajstić information content (AvgIpc) is 2.68. The zero-order valence-corrected chi connectivity index (χ0v) is 15.8. The van der Waals surface area contributed by atoms with E-state index in [4.69, 9.17) is 34.8 Å². The monoisotopic (exact) mass is 417 g/mol. The molecule has 0 amide bonds. The van der Waals surface area contributed by atoms with Gasteiger partial charge in [0, 0.05) is 11.1 Å². The van der Waals surface area contributed by atoms with E-state index in [0.717, 1.165) is 0 Å². The van der Waals surface area contributed by atoms with E-state index in [-0.39, 0.29) is 22.2 Å². The molecule has 0 fully saturated rings. The summed E-state index contributed by atoms with van der Waals surface area (Å²) < 4.78 is 0. The number of benzene rings is 2. The van der Waals surface area contributed by atoms with Crippen molar-refractivity contribution in [2.45, 2.75) is 0 Å². The minimum Gasteiger partial charge on any atom is -0.290 e. The van der Waals surface area contributed by atoms with Gasteiger partial charge in [-0.3, -0.25) is 9.78 Å². The Kier molecular flexibility index (Phi) is 5.77. The van der Waals surface area contributed by atoms with E-state index >= 15 is 0 Å². The van der Waals surface area contributed by atoms with Gasteiger partial charge in [-0.15, -0.1) is 0 Å². The van der Waals surface area contributed by atoms with Crippen LogP contribution in [0.1, 0.15) is 11.1 Å². The van der Waals surface area contributed by atoms with Gasteiger partial charge in [0.1, 0.15) is 11.6 Å². The van der Waals surface area contributed by atoms with Gasteiger partial charge in [0.2, 0.25) is 5.95 Å². The van der Waals surface area contributed by atoms with Crippen LogP contribution >= 0.6 is 34.8 Å². The van der Waals surface area contributed by atoms with E-state index in [0.29, 0.717) is 21.2 Å². The lowest BCUT2D eigenvalue weighted by Crippen LogP contribution is -2.16. The van der Waals surface area contributed by atoms with E-state index < -0.39 is 5.56 Å². The van der Waals surface area contributed by atoms with Gasteiger partial charge in [0.25, 0.3) is 5.56 Å². The summed E-state index contributed by atoms with van der Waals surface area (Å²) in [6.45, 7) is 0. The summed E-state index contributed by atoms with van der Waals surface area (Å²) in [4.78, 5) is 18.9. The van der Waals surface area contributed by atoms with Crippen molar-refractivity contribution < 1.29 is 0 Å². The molecule has 0 aliphatic heterocycles. The van der Waals surface area contributed by atoms with Crippen LogP contribution in [-0.2, 0) is 0 Å². The molecule has 0 radical (unpaired) electrons. The number of aromatic amines is 1. The Morgan fingerprint density at radius 3 is 2.52 bits per heavy atom. The fraction of sp³-hybridized carbons (Fsp3) is 0. The number of nitrogens with one attached hydrogen (secondary N) is 2. The Labute approximate surface area is 169 Å². The lowest BCUT2D eigenvalue weighted by atomic mass is 10.1. The molecule has 27 heavy (non-hydrogen) atoms. The summed E-state index contributed by atoms with van der Waals surface area (Å²) in [7, 11) is 0. The molecule has 0 saturated heterocycles.